The fourth-order valence-electron chi connectivity index (χ4n) is 2.50. The van der Waals surface area contributed by atoms with Crippen LogP contribution in [-0.4, -0.2) is 42.4 Å². The molecule has 0 saturated carbocycles. The van der Waals surface area contributed by atoms with Gasteiger partial charge in [0.15, 0.2) is 0 Å². The molecule has 112 valence electrons. The number of nitriles is 1. The topological polar surface area (TPSA) is 99.6 Å². The predicted molar refractivity (Wildman–Crippen MR) is 76.1 cm³/mol. The Hall–Kier alpha value is -2.17. The summed E-state index contributed by atoms with van der Waals surface area (Å²) in [6.45, 7) is 1.78. The van der Waals surface area contributed by atoms with Gasteiger partial charge in [-0.1, -0.05) is 0 Å². The first kappa shape index (κ1) is 15.2. The van der Waals surface area contributed by atoms with Crippen molar-refractivity contribution < 1.29 is 14.8 Å². The molecule has 21 heavy (non-hydrogen) atoms. The lowest BCUT2D eigenvalue weighted by Gasteiger charge is -2.34. The quantitative estimate of drug-likeness (QED) is 0.651. The van der Waals surface area contributed by atoms with Gasteiger partial charge in [0.05, 0.1) is 24.2 Å². The Morgan fingerprint density at radius 3 is 3.05 bits per heavy atom. The van der Waals surface area contributed by atoms with Crippen LogP contribution in [-0.2, 0) is 4.74 Å². The van der Waals surface area contributed by atoms with E-state index in [2.05, 4.69) is 4.90 Å². The van der Waals surface area contributed by atoms with Gasteiger partial charge in [-0.15, -0.1) is 0 Å². The molecular weight excluding hydrogens is 274 g/mol. The Balaban J connectivity index is 2.14. The second-order valence-electron chi connectivity index (χ2n) is 4.88. The van der Waals surface area contributed by atoms with E-state index >= 15 is 0 Å². The number of aliphatic hydroxyl groups is 1. The van der Waals surface area contributed by atoms with E-state index < -0.39 is 4.92 Å². The van der Waals surface area contributed by atoms with E-state index in [0.717, 1.165) is 25.1 Å². The third kappa shape index (κ3) is 3.68. The molecule has 1 fully saturated rings. The zero-order valence-electron chi connectivity index (χ0n) is 11.6. The predicted octanol–water partition coefficient (Wildman–Crippen LogP) is 1.44. The van der Waals surface area contributed by atoms with Gasteiger partial charge in [-0.3, -0.25) is 10.1 Å². The van der Waals surface area contributed by atoms with Crippen molar-refractivity contribution in [2.24, 2.45) is 0 Å². The molecule has 1 saturated heterocycles. The number of piperidine rings is 1. The largest absolute Gasteiger partial charge is 0.394 e. The van der Waals surface area contributed by atoms with Gasteiger partial charge in [-0.05, 0) is 25.0 Å². The molecule has 7 nitrogen and oxygen atoms in total. The highest BCUT2D eigenvalue weighted by molar-refractivity contribution is 5.60. The van der Waals surface area contributed by atoms with Crippen LogP contribution in [0.25, 0.3) is 0 Å². The number of benzene rings is 1. The van der Waals surface area contributed by atoms with E-state index in [-0.39, 0.29) is 24.0 Å². The van der Waals surface area contributed by atoms with Gasteiger partial charge < -0.3 is 14.7 Å². The average Bonchev–Trinajstić information content (AvgIpc) is 2.52. The SMILES string of the molecule is N#Cc1cc(N2CCC[C@@H](OCCO)C2)ccc1[N+](=O)[O-]. The van der Waals surface area contributed by atoms with Crippen LogP contribution in [0.5, 0.6) is 0 Å². The van der Waals surface area contributed by atoms with Crippen molar-refractivity contribution in [2.75, 3.05) is 31.2 Å². The van der Waals surface area contributed by atoms with Crippen LogP contribution >= 0.6 is 0 Å². The highest BCUT2D eigenvalue weighted by Crippen LogP contribution is 2.27. The first-order valence-corrected chi connectivity index (χ1v) is 6.81. The summed E-state index contributed by atoms with van der Waals surface area (Å²) in [5.74, 6) is 0. The molecule has 1 heterocycles. The van der Waals surface area contributed by atoms with Crippen molar-refractivity contribution in [3.63, 3.8) is 0 Å². The number of anilines is 1. The molecule has 1 aromatic carbocycles. The second-order valence-corrected chi connectivity index (χ2v) is 4.88. The zero-order chi connectivity index (χ0) is 15.2. The lowest BCUT2D eigenvalue weighted by atomic mass is 10.1. The molecule has 1 N–H and O–H groups in total. The maximum Gasteiger partial charge on any atom is 0.287 e. The van der Waals surface area contributed by atoms with Gasteiger partial charge >= 0.3 is 0 Å². The van der Waals surface area contributed by atoms with E-state index in [9.17, 15) is 10.1 Å². The minimum atomic E-state index is -0.550. The zero-order valence-corrected chi connectivity index (χ0v) is 11.6. The molecule has 0 radical (unpaired) electrons. The maximum absolute atomic E-state index is 10.8. The fourth-order valence-corrected chi connectivity index (χ4v) is 2.50. The standard InChI is InChI=1S/C14H17N3O4/c15-9-11-8-12(3-4-14(11)17(19)20)16-5-1-2-13(10-16)21-7-6-18/h3-4,8,13,18H,1-2,5-7,10H2/t13-/m1/s1. The summed E-state index contributed by atoms with van der Waals surface area (Å²) in [7, 11) is 0. The number of aliphatic hydroxyl groups excluding tert-OH is 1. The van der Waals surface area contributed by atoms with Crippen molar-refractivity contribution in [3.8, 4) is 6.07 Å². The molecule has 0 unspecified atom stereocenters. The molecule has 0 aliphatic carbocycles. The Morgan fingerprint density at radius 2 is 2.38 bits per heavy atom. The molecule has 1 aliphatic heterocycles. The van der Waals surface area contributed by atoms with Gasteiger partial charge in [-0.25, -0.2) is 0 Å². The van der Waals surface area contributed by atoms with Gasteiger partial charge in [0.1, 0.15) is 11.6 Å². The number of nitro benzene ring substituents is 1. The van der Waals surface area contributed by atoms with E-state index in [4.69, 9.17) is 15.1 Å². The minimum Gasteiger partial charge on any atom is -0.394 e. The number of ether oxygens (including phenoxy) is 1. The van der Waals surface area contributed by atoms with Crippen molar-refractivity contribution in [1.82, 2.24) is 0 Å². The van der Waals surface area contributed by atoms with Crippen LogP contribution in [0.2, 0.25) is 0 Å². The number of hydrogen-bond acceptors (Lipinski definition) is 6. The van der Waals surface area contributed by atoms with Crippen molar-refractivity contribution in [1.29, 1.82) is 5.26 Å². The number of hydrogen-bond donors (Lipinski definition) is 1. The summed E-state index contributed by atoms with van der Waals surface area (Å²) < 4.78 is 5.54. The summed E-state index contributed by atoms with van der Waals surface area (Å²) in [6, 6.07) is 6.44. The van der Waals surface area contributed by atoms with Crippen LogP contribution < -0.4 is 4.90 Å². The van der Waals surface area contributed by atoms with Crippen molar-refractivity contribution >= 4 is 11.4 Å². The summed E-state index contributed by atoms with van der Waals surface area (Å²) in [5.41, 5.74) is 0.677. The van der Waals surface area contributed by atoms with Crippen LogP contribution in [0.4, 0.5) is 11.4 Å². The average molecular weight is 291 g/mol. The Labute approximate surface area is 122 Å². The molecule has 7 heteroatoms. The second kappa shape index (κ2) is 7.02. The van der Waals surface area contributed by atoms with Crippen molar-refractivity contribution in [2.45, 2.75) is 18.9 Å². The summed E-state index contributed by atoms with van der Waals surface area (Å²) in [6.07, 6.45) is 1.90. The monoisotopic (exact) mass is 291 g/mol. The Morgan fingerprint density at radius 1 is 1.57 bits per heavy atom. The van der Waals surface area contributed by atoms with E-state index in [0.29, 0.717) is 13.2 Å². The lowest BCUT2D eigenvalue weighted by molar-refractivity contribution is -0.385. The smallest absolute Gasteiger partial charge is 0.287 e. The van der Waals surface area contributed by atoms with Crippen LogP contribution in [0.3, 0.4) is 0 Å². The Kier molecular flexibility index (Phi) is 5.09. The van der Waals surface area contributed by atoms with E-state index in [1.165, 1.54) is 6.07 Å². The molecule has 0 aromatic heterocycles. The number of rotatable bonds is 5. The molecule has 1 atom stereocenters. The molecule has 0 amide bonds. The molecular formula is C14H17N3O4. The Bertz CT molecular complexity index is 556. The maximum atomic E-state index is 10.8. The van der Waals surface area contributed by atoms with Crippen LogP contribution in [0.1, 0.15) is 18.4 Å². The molecule has 1 aromatic rings. The summed E-state index contributed by atoms with van der Waals surface area (Å²) >= 11 is 0. The van der Waals surface area contributed by atoms with Gasteiger partial charge in [0.2, 0.25) is 0 Å². The van der Waals surface area contributed by atoms with E-state index in [1.807, 2.05) is 6.07 Å². The summed E-state index contributed by atoms with van der Waals surface area (Å²) in [4.78, 5) is 12.3. The van der Waals surface area contributed by atoms with Gasteiger partial charge in [-0.2, -0.15) is 5.26 Å². The first-order valence-electron chi connectivity index (χ1n) is 6.81. The summed E-state index contributed by atoms with van der Waals surface area (Å²) in [5, 5.41) is 28.7. The molecule has 1 aliphatic rings. The molecule has 2 rings (SSSR count). The third-order valence-electron chi connectivity index (χ3n) is 3.49. The number of nitrogens with zero attached hydrogens (tertiary/aromatic N) is 3. The van der Waals surface area contributed by atoms with Crippen LogP contribution in [0, 0.1) is 21.4 Å². The van der Waals surface area contributed by atoms with Gasteiger partial charge in [0, 0.05) is 24.8 Å². The fraction of sp³-hybridized carbons (Fsp3) is 0.500. The highest BCUT2D eigenvalue weighted by Gasteiger charge is 2.22. The van der Waals surface area contributed by atoms with Gasteiger partial charge in [0.25, 0.3) is 5.69 Å². The third-order valence-corrected chi connectivity index (χ3v) is 3.49. The minimum absolute atomic E-state index is 0.00733. The van der Waals surface area contributed by atoms with E-state index in [1.54, 1.807) is 12.1 Å². The number of nitro groups is 1. The van der Waals surface area contributed by atoms with Crippen LogP contribution in [0.15, 0.2) is 18.2 Å². The first-order chi connectivity index (χ1) is 10.2. The highest BCUT2D eigenvalue weighted by atomic mass is 16.6. The lowest BCUT2D eigenvalue weighted by Crippen LogP contribution is -2.40. The normalized spacial score (nSPS) is 18.3. The molecule has 0 bridgehead atoms. The molecule has 0 spiro atoms. The van der Waals surface area contributed by atoms with Crippen molar-refractivity contribution in [3.05, 3.63) is 33.9 Å².